The smallest absolute Gasteiger partial charge is 0.349 e. The molecule has 158 valence electrons. The van der Waals surface area contributed by atoms with E-state index in [0.717, 1.165) is 0 Å². The van der Waals surface area contributed by atoms with Crippen molar-refractivity contribution < 1.29 is 18.7 Å². The molecule has 2 aliphatic rings. The largest absolute Gasteiger partial charge is 0.484 e. The number of benzene rings is 2. The van der Waals surface area contributed by atoms with Crippen LogP contribution in [0.2, 0.25) is 10.0 Å². The maximum Gasteiger partial charge on any atom is 0.349 e. The minimum Gasteiger partial charge on any atom is -0.484 e. The van der Waals surface area contributed by atoms with Gasteiger partial charge in [-0.25, -0.2) is 4.79 Å². The zero-order chi connectivity index (χ0) is 21.8. The summed E-state index contributed by atoms with van der Waals surface area (Å²) in [6.45, 7) is 0.692. The standard InChI is InChI=1S/C23H17Cl2NO5/c24-14-10-15-18(27)12-23(31-20(15)17(25)11-14)5-7-26(8-6-23)21(28)16-9-13-3-1-2-4-19(13)30-22(16)29/h1-4,9-11H,5-8,12H2. The zero-order valence-corrected chi connectivity index (χ0v) is 17.8. The summed E-state index contributed by atoms with van der Waals surface area (Å²) < 4.78 is 11.5. The van der Waals surface area contributed by atoms with E-state index >= 15 is 0 Å². The third-order valence-corrected chi connectivity index (χ3v) is 6.44. The molecule has 1 amide bonds. The number of halogens is 2. The van der Waals surface area contributed by atoms with Gasteiger partial charge in [0.1, 0.15) is 22.5 Å². The average Bonchev–Trinajstić information content (AvgIpc) is 2.74. The molecule has 5 rings (SSSR count). The van der Waals surface area contributed by atoms with Crippen molar-refractivity contribution >= 4 is 45.9 Å². The zero-order valence-electron chi connectivity index (χ0n) is 16.3. The van der Waals surface area contributed by atoms with Gasteiger partial charge in [0.25, 0.3) is 5.91 Å². The molecule has 6 nitrogen and oxygen atoms in total. The summed E-state index contributed by atoms with van der Waals surface area (Å²) in [6.07, 6.45) is 1.08. The van der Waals surface area contributed by atoms with Crippen molar-refractivity contribution in [2.75, 3.05) is 13.1 Å². The number of nitrogens with zero attached hydrogens (tertiary/aromatic N) is 1. The third kappa shape index (κ3) is 3.50. The van der Waals surface area contributed by atoms with Crippen LogP contribution in [0, 0.1) is 0 Å². The van der Waals surface area contributed by atoms with E-state index in [2.05, 4.69) is 0 Å². The van der Waals surface area contributed by atoms with Gasteiger partial charge in [0.15, 0.2) is 5.78 Å². The monoisotopic (exact) mass is 457 g/mol. The van der Waals surface area contributed by atoms with Crippen LogP contribution in [0.1, 0.15) is 40.0 Å². The van der Waals surface area contributed by atoms with Crippen molar-refractivity contribution in [3.8, 4) is 5.75 Å². The lowest BCUT2D eigenvalue weighted by Crippen LogP contribution is -2.52. The number of para-hydroxylation sites is 1. The van der Waals surface area contributed by atoms with Crippen LogP contribution < -0.4 is 10.4 Å². The summed E-state index contributed by atoms with van der Waals surface area (Å²) in [4.78, 5) is 39.7. The van der Waals surface area contributed by atoms with Crippen molar-refractivity contribution in [3.05, 3.63) is 74.1 Å². The van der Waals surface area contributed by atoms with Gasteiger partial charge in [-0.1, -0.05) is 41.4 Å². The predicted molar refractivity (Wildman–Crippen MR) is 116 cm³/mol. The van der Waals surface area contributed by atoms with Crippen LogP contribution in [0.15, 0.2) is 51.7 Å². The van der Waals surface area contributed by atoms with E-state index in [1.54, 1.807) is 41.3 Å². The molecular weight excluding hydrogens is 441 g/mol. The molecule has 3 heterocycles. The SMILES string of the molecule is O=C1CC2(CCN(C(=O)c3cc4ccccc4oc3=O)CC2)Oc2c(Cl)cc(Cl)cc21. The van der Waals surface area contributed by atoms with E-state index < -0.39 is 11.2 Å². The maximum absolute atomic E-state index is 13.0. The van der Waals surface area contributed by atoms with E-state index in [9.17, 15) is 14.4 Å². The Morgan fingerprint density at radius 3 is 2.55 bits per heavy atom. The fourth-order valence-corrected chi connectivity index (χ4v) is 4.82. The van der Waals surface area contributed by atoms with E-state index in [4.69, 9.17) is 32.4 Å². The molecule has 0 saturated carbocycles. The van der Waals surface area contributed by atoms with E-state index in [1.165, 1.54) is 0 Å². The number of rotatable bonds is 1. The number of ether oxygens (including phenoxy) is 1. The minimum atomic E-state index is -0.730. The average molecular weight is 458 g/mol. The quantitative estimate of drug-likeness (QED) is 0.493. The lowest BCUT2D eigenvalue weighted by molar-refractivity contribution is -0.00572. The molecule has 0 aliphatic carbocycles. The number of ketones is 1. The second kappa shape index (κ2) is 7.39. The summed E-state index contributed by atoms with van der Waals surface area (Å²) in [5, 5.41) is 1.36. The topological polar surface area (TPSA) is 76.8 Å². The van der Waals surface area contributed by atoms with E-state index in [0.29, 0.717) is 58.3 Å². The second-order valence-corrected chi connectivity index (χ2v) is 8.77. The van der Waals surface area contributed by atoms with Crippen LogP contribution >= 0.6 is 23.2 Å². The summed E-state index contributed by atoms with van der Waals surface area (Å²) in [5.41, 5.74) is -0.572. The van der Waals surface area contributed by atoms with Crippen molar-refractivity contribution in [3.63, 3.8) is 0 Å². The molecule has 1 aromatic heterocycles. The number of hydrogen-bond donors (Lipinski definition) is 0. The predicted octanol–water partition coefficient (Wildman–Crippen LogP) is 4.74. The van der Waals surface area contributed by atoms with Crippen molar-refractivity contribution in [2.24, 2.45) is 0 Å². The first-order chi connectivity index (χ1) is 14.8. The summed E-state index contributed by atoms with van der Waals surface area (Å²) in [6, 6.07) is 11.7. The highest BCUT2D eigenvalue weighted by Gasteiger charge is 2.44. The highest BCUT2D eigenvalue weighted by atomic mass is 35.5. The molecule has 0 atom stereocenters. The van der Waals surface area contributed by atoms with Gasteiger partial charge in [0, 0.05) is 36.3 Å². The van der Waals surface area contributed by atoms with Gasteiger partial charge in [-0.15, -0.1) is 0 Å². The van der Waals surface area contributed by atoms with Crippen LogP contribution in [-0.4, -0.2) is 35.3 Å². The third-order valence-electron chi connectivity index (χ3n) is 5.94. The molecule has 1 fully saturated rings. The maximum atomic E-state index is 13.0. The van der Waals surface area contributed by atoms with Gasteiger partial charge in [-0.2, -0.15) is 0 Å². The van der Waals surface area contributed by atoms with Gasteiger partial charge in [-0.05, 0) is 24.3 Å². The number of piperidine rings is 1. The second-order valence-electron chi connectivity index (χ2n) is 7.93. The molecule has 0 radical (unpaired) electrons. The number of amides is 1. The van der Waals surface area contributed by atoms with Crippen molar-refractivity contribution in [1.29, 1.82) is 0 Å². The number of hydrogen-bond acceptors (Lipinski definition) is 5. The number of Topliss-reactive ketones (excluding diaryl/α,β-unsaturated/α-hetero) is 1. The fourth-order valence-electron chi connectivity index (χ4n) is 4.29. The Labute approximate surface area is 187 Å². The molecule has 1 spiro atoms. The van der Waals surface area contributed by atoms with E-state index in [1.807, 2.05) is 6.07 Å². The van der Waals surface area contributed by atoms with Crippen LogP contribution in [0.5, 0.6) is 5.75 Å². The lowest BCUT2D eigenvalue weighted by Gasteiger charge is -2.44. The van der Waals surface area contributed by atoms with Gasteiger partial charge in [0.2, 0.25) is 0 Å². The molecule has 3 aromatic rings. The molecule has 0 N–H and O–H groups in total. The first-order valence-corrected chi connectivity index (χ1v) is 10.6. The number of fused-ring (bicyclic) bond motifs is 2. The Hall–Kier alpha value is -2.83. The molecule has 31 heavy (non-hydrogen) atoms. The number of likely N-dealkylation sites (tertiary alicyclic amines) is 1. The number of carbonyl (C=O) groups excluding carboxylic acids is 2. The first kappa shape index (κ1) is 20.1. The molecule has 2 aliphatic heterocycles. The Bertz CT molecular complexity index is 1290. The highest BCUT2D eigenvalue weighted by molar-refractivity contribution is 6.36. The molecule has 0 unspecified atom stereocenters. The van der Waals surface area contributed by atoms with Gasteiger partial charge < -0.3 is 14.1 Å². The van der Waals surface area contributed by atoms with Crippen LogP contribution in [-0.2, 0) is 0 Å². The minimum absolute atomic E-state index is 0.00155. The van der Waals surface area contributed by atoms with E-state index in [-0.39, 0.29) is 23.7 Å². The molecule has 8 heteroatoms. The van der Waals surface area contributed by atoms with Gasteiger partial charge in [-0.3, -0.25) is 9.59 Å². The molecule has 2 aromatic carbocycles. The highest BCUT2D eigenvalue weighted by Crippen LogP contribution is 2.44. The molecule has 1 saturated heterocycles. The Morgan fingerprint density at radius 2 is 1.77 bits per heavy atom. The Balaban J connectivity index is 1.37. The fraction of sp³-hybridized carbons (Fsp3) is 0.261. The summed E-state index contributed by atoms with van der Waals surface area (Å²) in [5.74, 6) is -0.125. The molecule has 0 bridgehead atoms. The van der Waals surface area contributed by atoms with Crippen molar-refractivity contribution in [1.82, 2.24) is 4.90 Å². The van der Waals surface area contributed by atoms with Gasteiger partial charge in [0.05, 0.1) is 17.0 Å². The Morgan fingerprint density at radius 1 is 1.03 bits per heavy atom. The van der Waals surface area contributed by atoms with Crippen LogP contribution in [0.3, 0.4) is 0 Å². The number of carbonyl (C=O) groups is 2. The normalized spacial score (nSPS) is 17.5. The van der Waals surface area contributed by atoms with Gasteiger partial charge >= 0.3 is 5.63 Å². The lowest BCUT2D eigenvalue weighted by atomic mass is 9.82. The Kier molecular flexibility index (Phi) is 4.79. The van der Waals surface area contributed by atoms with Crippen LogP contribution in [0.25, 0.3) is 11.0 Å². The van der Waals surface area contributed by atoms with Crippen LogP contribution in [0.4, 0.5) is 0 Å². The molecular formula is C23H17Cl2NO5. The summed E-state index contributed by atoms with van der Waals surface area (Å²) in [7, 11) is 0. The summed E-state index contributed by atoms with van der Waals surface area (Å²) >= 11 is 12.3. The first-order valence-electron chi connectivity index (χ1n) is 9.89. The van der Waals surface area contributed by atoms with Crippen molar-refractivity contribution in [2.45, 2.75) is 24.9 Å².